The topological polar surface area (TPSA) is 68.0 Å². The van der Waals surface area contributed by atoms with Crippen molar-refractivity contribution in [3.63, 3.8) is 0 Å². The number of anilines is 1. The number of hydrogen-bond acceptors (Lipinski definition) is 4. The first-order valence-electron chi connectivity index (χ1n) is 6.64. The molecule has 0 saturated heterocycles. The van der Waals surface area contributed by atoms with E-state index in [1.807, 2.05) is 31.2 Å². The molecule has 0 radical (unpaired) electrons. The van der Waals surface area contributed by atoms with Gasteiger partial charge in [0, 0.05) is 5.38 Å². The standard InChI is InChI=1S/C16H15N3OS/c1-10(18-15(20)14-9-21-16(17)19-14)12-8-4-6-11-5-2-3-7-13(11)12/h2-10H,1H3,(H2,17,19)(H,18,20). The Morgan fingerprint density at radius 1 is 1.24 bits per heavy atom. The molecule has 0 aliphatic heterocycles. The SMILES string of the molecule is CC(NC(=O)c1csc(N)n1)c1cccc2ccccc12. The predicted molar refractivity (Wildman–Crippen MR) is 86.4 cm³/mol. The Balaban J connectivity index is 1.87. The molecule has 0 bridgehead atoms. The maximum atomic E-state index is 12.2. The van der Waals surface area contributed by atoms with Crippen molar-refractivity contribution in [3.05, 3.63) is 59.1 Å². The molecule has 5 heteroatoms. The van der Waals surface area contributed by atoms with Gasteiger partial charge in [-0.25, -0.2) is 4.98 Å². The molecule has 0 aliphatic carbocycles. The number of nitrogens with zero attached hydrogens (tertiary/aromatic N) is 1. The van der Waals surface area contributed by atoms with Gasteiger partial charge in [-0.15, -0.1) is 11.3 Å². The normalized spacial score (nSPS) is 12.2. The third-order valence-corrected chi connectivity index (χ3v) is 4.07. The molecule has 1 atom stereocenters. The molecular formula is C16H15N3OS. The summed E-state index contributed by atoms with van der Waals surface area (Å²) in [7, 11) is 0. The first-order chi connectivity index (χ1) is 10.1. The number of nitrogens with two attached hydrogens (primary N) is 1. The van der Waals surface area contributed by atoms with Crippen LogP contribution < -0.4 is 11.1 Å². The van der Waals surface area contributed by atoms with E-state index < -0.39 is 0 Å². The van der Waals surface area contributed by atoms with Crippen molar-refractivity contribution in [2.45, 2.75) is 13.0 Å². The Morgan fingerprint density at radius 2 is 2.00 bits per heavy atom. The minimum absolute atomic E-state index is 0.105. The summed E-state index contributed by atoms with van der Waals surface area (Å²) in [6.45, 7) is 1.97. The molecule has 3 rings (SSSR count). The van der Waals surface area contributed by atoms with E-state index in [2.05, 4.69) is 28.5 Å². The van der Waals surface area contributed by atoms with E-state index in [-0.39, 0.29) is 11.9 Å². The molecule has 0 aliphatic rings. The Kier molecular flexibility index (Phi) is 3.58. The average Bonchev–Trinajstić information content (AvgIpc) is 2.93. The molecule has 0 saturated carbocycles. The number of nitrogen functional groups attached to an aromatic ring is 1. The summed E-state index contributed by atoms with van der Waals surface area (Å²) in [5.74, 6) is -0.205. The van der Waals surface area contributed by atoms with Crippen LogP contribution in [0, 0.1) is 0 Å². The number of hydrogen-bond donors (Lipinski definition) is 2. The lowest BCUT2D eigenvalue weighted by molar-refractivity contribution is 0.0936. The summed E-state index contributed by atoms with van der Waals surface area (Å²) < 4.78 is 0. The third kappa shape index (κ3) is 2.73. The summed E-state index contributed by atoms with van der Waals surface area (Å²) in [6.07, 6.45) is 0. The molecule has 1 unspecified atom stereocenters. The molecule has 3 N–H and O–H groups in total. The van der Waals surface area contributed by atoms with Crippen LogP contribution in [0.2, 0.25) is 0 Å². The number of nitrogens with one attached hydrogen (secondary N) is 1. The molecule has 1 heterocycles. The largest absolute Gasteiger partial charge is 0.375 e. The summed E-state index contributed by atoms with van der Waals surface area (Å²) in [5, 5.41) is 7.34. The van der Waals surface area contributed by atoms with Gasteiger partial charge in [0.25, 0.3) is 5.91 Å². The minimum Gasteiger partial charge on any atom is -0.375 e. The fourth-order valence-corrected chi connectivity index (χ4v) is 2.91. The van der Waals surface area contributed by atoms with Gasteiger partial charge in [-0.2, -0.15) is 0 Å². The maximum Gasteiger partial charge on any atom is 0.271 e. The summed E-state index contributed by atoms with van der Waals surface area (Å²) >= 11 is 1.26. The van der Waals surface area contributed by atoms with Gasteiger partial charge in [0.1, 0.15) is 5.69 Å². The average molecular weight is 297 g/mol. The van der Waals surface area contributed by atoms with Crippen LogP contribution in [-0.2, 0) is 0 Å². The van der Waals surface area contributed by atoms with Crippen molar-refractivity contribution in [2.24, 2.45) is 0 Å². The third-order valence-electron chi connectivity index (χ3n) is 3.39. The van der Waals surface area contributed by atoms with Gasteiger partial charge in [0.05, 0.1) is 6.04 Å². The number of amides is 1. The van der Waals surface area contributed by atoms with Crippen molar-refractivity contribution < 1.29 is 4.79 Å². The quantitative estimate of drug-likeness (QED) is 0.779. The van der Waals surface area contributed by atoms with Gasteiger partial charge in [-0.3, -0.25) is 4.79 Å². The first kappa shape index (κ1) is 13.6. The first-order valence-corrected chi connectivity index (χ1v) is 7.52. The second-order valence-electron chi connectivity index (χ2n) is 4.83. The highest BCUT2D eigenvalue weighted by Crippen LogP contribution is 2.24. The fraction of sp³-hybridized carbons (Fsp3) is 0.125. The van der Waals surface area contributed by atoms with Gasteiger partial charge >= 0.3 is 0 Å². The van der Waals surface area contributed by atoms with Gasteiger partial charge in [-0.05, 0) is 23.3 Å². The molecule has 21 heavy (non-hydrogen) atoms. The van der Waals surface area contributed by atoms with E-state index in [9.17, 15) is 4.79 Å². The molecule has 4 nitrogen and oxygen atoms in total. The Bertz CT molecular complexity index is 792. The molecule has 2 aromatic carbocycles. The zero-order valence-corrected chi connectivity index (χ0v) is 12.4. The molecule has 0 spiro atoms. The number of rotatable bonds is 3. The second-order valence-corrected chi connectivity index (χ2v) is 5.72. The van der Waals surface area contributed by atoms with Gasteiger partial charge in [-0.1, -0.05) is 42.5 Å². The van der Waals surface area contributed by atoms with Gasteiger partial charge < -0.3 is 11.1 Å². The van der Waals surface area contributed by atoms with Gasteiger partial charge in [0.15, 0.2) is 5.13 Å². The van der Waals surface area contributed by atoms with Crippen molar-refractivity contribution in [1.29, 1.82) is 0 Å². The number of benzene rings is 2. The van der Waals surface area contributed by atoms with E-state index in [0.717, 1.165) is 16.3 Å². The van der Waals surface area contributed by atoms with Crippen LogP contribution in [0.4, 0.5) is 5.13 Å². The van der Waals surface area contributed by atoms with Crippen LogP contribution in [-0.4, -0.2) is 10.9 Å². The Labute approximate surface area is 126 Å². The van der Waals surface area contributed by atoms with E-state index in [1.165, 1.54) is 11.3 Å². The van der Waals surface area contributed by atoms with E-state index in [1.54, 1.807) is 5.38 Å². The number of carbonyl (C=O) groups excluding carboxylic acids is 1. The van der Waals surface area contributed by atoms with Crippen LogP contribution in [0.15, 0.2) is 47.8 Å². The lowest BCUT2D eigenvalue weighted by atomic mass is 9.99. The van der Waals surface area contributed by atoms with Crippen LogP contribution in [0.3, 0.4) is 0 Å². The summed E-state index contributed by atoms with van der Waals surface area (Å²) in [6, 6.07) is 14.1. The summed E-state index contributed by atoms with van der Waals surface area (Å²) in [5.41, 5.74) is 7.01. The minimum atomic E-state index is -0.205. The molecular weight excluding hydrogens is 282 g/mol. The van der Waals surface area contributed by atoms with Crippen molar-refractivity contribution >= 4 is 33.1 Å². The molecule has 1 amide bonds. The Morgan fingerprint density at radius 3 is 2.76 bits per heavy atom. The number of aromatic nitrogens is 1. The molecule has 3 aromatic rings. The van der Waals surface area contributed by atoms with Crippen LogP contribution in [0.1, 0.15) is 29.0 Å². The van der Waals surface area contributed by atoms with Crippen LogP contribution in [0.5, 0.6) is 0 Å². The highest BCUT2D eigenvalue weighted by molar-refractivity contribution is 7.13. The zero-order chi connectivity index (χ0) is 14.8. The van der Waals surface area contributed by atoms with E-state index in [4.69, 9.17) is 5.73 Å². The van der Waals surface area contributed by atoms with Crippen molar-refractivity contribution in [1.82, 2.24) is 10.3 Å². The second kappa shape index (κ2) is 5.54. The monoisotopic (exact) mass is 297 g/mol. The lowest BCUT2D eigenvalue weighted by Crippen LogP contribution is -2.27. The van der Waals surface area contributed by atoms with Crippen LogP contribution in [0.25, 0.3) is 10.8 Å². The van der Waals surface area contributed by atoms with Gasteiger partial charge in [0.2, 0.25) is 0 Å². The fourth-order valence-electron chi connectivity index (χ4n) is 2.37. The van der Waals surface area contributed by atoms with Crippen molar-refractivity contribution in [2.75, 3.05) is 5.73 Å². The van der Waals surface area contributed by atoms with Crippen molar-refractivity contribution in [3.8, 4) is 0 Å². The summed E-state index contributed by atoms with van der Waals surface area (Å²) in [4.78, 5) is 16.2. The van der Waals surface area contributed by atoms with E-state index >= 15 is 0 Å². The number of fused-ring (bicyclic) bond motifs is 1. The highest BCUT2D eigenvalue weighted by atomic mass is 32.1. The molecule has 1 aromatic heterocycles. The lowest BCUT2D eigenvalue weighted by Gasteiger charge is -2.16. The van der Waals surface area contributed by atoms with Crippen LogP contribution >= 0.6 is 11.3 Å². The van der Waals surface area contributed by atoms with E-state index in [0.29, 0.717) is 10.8 Å². The highest BCUT2D eigenvalue weighted by Gasteiger charge is 2.15. The molecule has 106 valence electrons. The predicted octanol–water partition coefficient (Wildman–Crippen LogP) is 3.37. The maximum absolute atomic E-state index is 12.2. The number of thiazole rings is 1. The molecule has 0 fully saturated rings. The number of carbonyl (C=O) groups is 1. The smallest absolute Gasteiger partial charge is 0.271 e. The Hall–Kier alpha value is -2.40. The zero-order valence-electron chi connectivity index (χ0n) is 11.5.